The van der Waals surface area contributed by atoms with Crippen molar-refractivity contribution in [3.63, 3.8) is 0 Å². The van der Waals surface area contributed by atoms with Gasteiger partial charge in [-0.25, -0.2) is 15.0 Å². The fourth-order valence-corrected chi connectivity index (χ4v) is 10.9. The zero-order chi connectivity index (χ0) is 41.9. The van der Waals surface area contributed by atoms with Crippen molar-refractivity contribution in [3.05, 3.63) is 199 Å². The number of benzene rings is 10. The van der Waals surface area contributed by atoms with Crippen LogP contribution in [0.4, 0.5) is 0 Å². The Labute approximate surface area is 363 Å². The van der Waals surface area contributed by atoms with Crippen LogP contribution in [0.1, 0.15) is 16.7 Å². The number of nitrogens with zero attached hydrogens (tertiary/aromatic N) is 3. The lowest BCUT2D eigenvalue weighted by Crippen LogP contribution is -1.99. The minimum absolute atomic E-state index is 0.958. The molecule has 0 amide bonds. The molecule has 3 aromatic heterocycles. The maximum Gasteiger partial charge on any atom is 0.0803 e. The Morgan fingerprint density at radius 2 is 0.460 bits per heavy atom. The van der Waals surface area contributed by atoms with Crippen molar-refractivity contribution in [3.8, 4) is 33.8 Å². The van der Waals surface area contributed by atoms with Gasteiger partial charge in [0, 0.05) is 65.2 Å². The molecule has 10 aromatic carbocycles. The van der Waals surface area contributed by atoms with Crippen LogP contribution >= 0.6 is 0 Å². The fraction of sp³-hybridized carbons (Fsp3) is 0.0500. The molecule has 3 heterocycles. The van der Waals surface area contributed by atoms with Crippen LogP contribution < -0.4 is 0 Å². The van der Waals surface area contributed by atoms with Crippen LogP contribution in [0.2, 0.25) is 0 Å². The predicted molar refractivity (Wildman–Crippen MR) is 268 cm³/mol. The van der Waals surface area contributed by atoms with E-state index in [1.54, 1.807) is 0 Å². The van der Waals surface area contributed by atoms with Crippen LogP contribution in [0.5, 0.6) is 0 Å². The number of pyridine rings is 3. The highest BCUT2D eigenvalue weighted by Gasteiger charge is 2.27. The maximum atomic E-state index is 5.80. The van der Waals surface area contributed by atoms with Crippen molar-refractivity contribution in [2.45, 2.75) is 20.8 Å². The molecule has 0 aliphatic heterocycles. The molecule has 63 heavy (non-hydrogen) atoms. The van der Waals surface area contributed by atoms with Crippen LogP contribution in [-0.4, -0.2) is 15.0 Å². The first-order valence-electron chi connectivity index (χ1n) is 21.8. The van der Waals surface area contributed by atoms with Crippen molar-refractivity contribution in [1.82, 2.24) is 15.0 Å². The molecule has 3 nitrogen and oxygen atoms in total. The summed E-state index contributed by atoms with van der Waals surface area (Å²) in [6.07, 6.45) is 0. The second-order valence-corrected chi connectivity index (χ2v) is 17.1. The van der Waals surface area contributed by atoms with Crippen molar-refractivity contribution in [1.29, 1.82) is 0 Å². The SMILES string of the molecule is Cc1cc(-c2ccccc2)nc2c1c1ccccc1c1c2c2c3ccccc3c3c(C)cc(-c4ccccc4)nc3c2c2c3ccccc3c3c(C)cc(-c4ccccc4)nc3c12. The van der Waals surface area contributed by atoms with Gasteiger partial charge in [0.25, 0.3) is 0 Å². The summed E-state index contributed by atoms with van der Waals surface area (Å²) in [4.78, 5) is 17.4. The van der Waals surface area contributed by atoms with Gasteiger partial charge in [-0.2, -0.15) is 0 Å². The Balaban J connectivity index is 1.43. The van der Waals surface area contributed by atoms with Gasteiger partial charge in [-0.15, -0.1) is 0 Å². The van der Waals surface area contributed by atoms with E-state index in [2.05, 4.69) is 203 Å². The highest BCUT2D eigenvalue weighted by Crippen LogP contribution is 2.53. The Hall–Kier alpha value is -8.01. The van der Waals surface area contributed by atoms with E-state index in [1.165, 1.54) is 81.3 Å². The number of rotatable bonds is 3. The highest BCUT2D eigenvalue weighted by molar-refractivity contribution is 6.51. The Bertz CT molecular complexity index is 3630. The minimum Gasteiger partial charge on any atom is -0.247 e. The van der Waals surface area contributed by atoms with Gasteiger partial charge >= 0.3 is 0 Å². The van der Waals surface area contributed by atoms with E-state index >= 15 is 0 Å². The lowest BCUT2D eigenvalue weighted by molar-refractivity contribution is 1.37. The first-order chi connectivity index (χ1) is 31.0. The summed E-state index contributed by atoms with van der Waals surface area (Å²) in [7, 11) is 0. The zero-order valence-electron chi connectivity index (χ0n) is 35.2. The third kappa shape index (κ3) is 5.11. The van der Waals surface area contributed by atoms with E-state index in [4.69, 9.17) is 15.0 Å². The summed E-state index contributed by atoms with van der Waals surface area (Å²) in [5.41, 5.74) is 12.7. The second-order valence-electron chi connectivity index (χ2n) is 17.1. The number of aromatic nitrogens is 3. The van der Waals surface area contributed by atoms with E-state index in [-0.39, 0.29) is 0 Å². The Kier molecular flexibility index (Phi) is 7.65. The zero-order valence-corrected chi connectivity index (χ0v) is 35.2. The predicted octanol–water partition coefficient (Wildman–Crippen LogP) is 16.2. The molecule has 0 spiro atoms. The molecule has 0 fully saturated rings. The molecule has 0 N–H and O–H groups in total. The average molecular weight is 802 g/mol. The molecular weight excluding hydrogens is 763 g/mol. The molecule has 0 saturated carbocycles. The van der Waals surface area contributed by atoms with Crippen molar-refractivity contribution >= 4 is 97.3 Å². The lowest BCUT2D eigenvalue weighted by atomic mass is 9.81. The molecule has 0 radical (unpaired) electrons. The Morgan fingerprint density at radius 1 is 0.238 bits per heavy atom. The van der Waals surface area contributed by atoms with Crippen LogP contribution in [0, 0.1) is 20.8 Å². The molecule has 0 atom stereocenters. The van der Waals surface area contributed by atoms with Gasteiger partial charge < -0.3 is 0 Å². The molecule has 0 aliphatic rings. The van der Waals surface area contributed by atoms with Crippen molar-refractivity contribution < 1.29 is 0 Å². The molecule has 294 valence electrons. The molecule has 0 aliphatic carbocycles. The average Bonchev–Trinajstić information content (AvgIpc) is 3.33. The molecule has 13 aromatic rings. The van der Waals surface area contributed by atoms with Gasteiger partial charge in [-0.3, -0.25) is 0 Å². The smallest absolute Gasteiger partial charge is 0.0803 e. The third-order valence-corrected chi connectivity index (χ3v) is 13.5. The number of aryl methyl sites for hydroxylation is 3. The summed E-state index contributed by atoms with van der Waals surface area (Å²) < 4.78 is 0. The van der Waals surface area contributed by atoms with Crippen LogP contribution in [0.3, 0.4) is 0 Å². The summed E-state index contributed by atoms with van der Waals surface area (Å²) in [6.45, 7) is 6.76. The Morgan fingerprint density at radius 3 is 0.714 bits per heavy atom. The van der Waals surface area contributed by atoms with Crippen LogP contribution in [0.25, 0.3) is 131 Å². The van der Waals surface area contributed by atoms with Gasteiger partial charge in [0.05, 0.1) is 33.6 Å². The molecule has 0 bridgehead atoms. The first-order valence-corrected chi connectivity index (χ1v) is 21.8. The van der Waals surface area contributed by atoms with Crippen LogP contribution in [-0.2, 0) is 0 Å². The van der Waals surface area contributed by atoms with E-state index in [0.717, 1.165) is 66.5 Å². The molecule has 0 saturated heterocycles. The van der Waals surface area contributed by atoms with Crippen molar-refractivity contribution in [2.24, 2.45) is 0 Å². The monoisotopic (exact) mass is 801 g/mol. The van der Waals surface area contributed by atoms with E-state index in [1.807, 2.05) is 0 Å². The quantitative estimate of drug-likeness (QED) is 0.167. The number of fused-ring (bicyclic) bond motifs is 21. The largest absolute Gasteiger partial charge is 0.247 e. The van der Waals surface area contributed by atoms with Crippen molar-refractivity contribution in [2.75, 3.05) is 0 Å². The first kappa shape index (κ1) is 35.7. The molecular formula is C60H39N3. The third-order valence-electron chi connectivity index (χ3n) is 13.5. The van der Waals surface area contributed by atoms with Gasteiger partial charge in [0.1, 0.15) is 0 Å². The number of hydrogen-bond acceptors (Lipinski definition) is 3. The topological polar surface area (TPSA) is 38.7 Å². The number of hydrogen-bond donors (Lipinski definition) is 0. The molecule has 3 heteroatoms. The molecule has 0 unspecified atom stereocenters. The lowest BCUT2D eigenvalue weighted by Gasteiger charge is -2.23. The van der Waals surface area contributed by atoms with Gasteiger partial charge in [0.15, 0.2) is 0 Å². The summed E-state index contributed by atoms with van der Waals surface area (Å²) >= 11 is 0. The van der Waals surface area contributed by atoms with Gasteiger partial charge in [0.2, 0.25) is 0 Å². The summed E-state index contributed by atoms with van der Waals surface area (Å²) in [5, 5.41) is 17.6. The minimum atomic E-state index is 0.958. The standard InChI is InChI=1S/C60H39N3/c1-34-31-46(37-19-7-4-8-20-37)61-58-49(34)40-25-13-16-28-43(40)52-55(58)53-44-29-17-14-26-41(44)50-35(2)32-48(39-23-11-6-12-24-39)63-60(50)57(53)54-45-30-18-15-27-42(45)51-36(3)33-47(62-59(51)56(52)54)38-21-9-5-10-22-38/h4-33H,1-3H3. The second kappa shape index (κ2) is 13.5. The summed E-state index contributed by atoms with van der Waals surface area (Å²) in [5.74, 6) is 0. The van der Waals surface area contributed by atoms with E-state index in [9.17, 15) is 0 Å². The fourth-order valence-electron chi connectivity index (χ4n) is 10.9. The van der Waals surface area contributed by atoms with Crippen LogP contribution in [0.15, 0.2) is 182 Å². The van der Waals surface area contributed by atoms with E-state index in [0.29, 0.717) is 0 Å². The normalized spacial score (nSPS) is 12.0. The highest BCUT2D eigenvalue weighted by atomic mass is 14.7. The summed E-state index contributed by atoms with van der Waals surface area (Å²) in [6, 6.07) is 65.6. The maximum absolute atomic E-state index is 5.80. The van der Waals surface area contributed by atoms with E-state index < -0.39 is 0 Å². The van der Waals surface area contributed by atoms with Gasteiger partial charge in [-0.05, 0) is 88.0 Å². The molecule has 13 rings (SSSR count). The van der Waals surface area contributed by atoms with Gasteiger partial charge in [-0.1, -0.05) is 164 Å².